The number of carbonyl (C=O) groups excluding carboxylic acids is 1. The second-order valence-corrected chi connectivity index (χ2v) is 9.54. The Hall–Kier alpha value is -0.770. The zero-order chi connectivity index (χ0) is 21.3. The maximum Gasteiger partial charge on any atom is 0.407 e. The number of hydrogen-bond donors (Lipinski definition) is 2. The molecule has 7 nitrogen and oxygen atoms in total. The summed E-state index contributed by atoms with van der Waals surface area (Å²) in [5.41, 5.74) is -0.467. The number of guanidine groups is 1. The summed E-state index contributed by atoms with van der Waals surface area (Å²) in [5.74, 6) is 1.86. The molecule has 2 saturated heterocycles. The quantitative estimate of drug-likeness (QED) is 0.225. The summed E-state index contributed by atoms with van der Waals surface area (Å²) in [6.07, 6.45) is 5.59. The van der Waals surface area contributed by atoms with Crippen LogP contribution in [0.2, 0.25) is 0 Å². The molecule has 1 amide bonds. The Kier molecular flexibility index (Phi) is 12.4. The topological polar surface area (TPSA) is 69.2 Å². The van der Waals surface area contributed by atoms with Gasteiger partial charge in [-0.25, -0.2) is 4.79 Å². The van der Waals surface area contributed by atoms with Gasteiger partial charge in [0.05, 0.1) is 6.04 Å². The Morgan fingerprint density at radius 3 is 2.47 bits per heavy atom. The van der Waals surface area contributed by atoms with Crippen LogP contribution in [0.1, 0.15) is 66.7 Å². The monoisotopic (exact) mass is 537 g/mol. The highest BCUT2D eigenvalue weighted by atomic mass is 127. The Labute approximate surface area is 200 Å². The number of aliphatic imine (C=N–C) groups is 1. The predicted octanol–water partition coefficient (Wildman–Crippen LogP) is 3.68. The molecule has 0 radical (unpaired) electrons. The molecule has 0 aromatic rings. The van der Waals surface area contributed by atoms with Crippen molar-refractivity contribution in [3.8, 4) is 0 Å². The van der Waals surface area contributed by atoms with Crippen LogP contribution in [0.25, 0.3) is 0 Å². The van der Waals surface area contributed by atoms with E-state index >= 15 is 0 Å². The number of carbonyl (C=O) groups is 1. The lowest BCUT2D eigenvalue weighted by atomic mass is 9.99. The maximum absolute atomic E-state index is 12.0. The molecule has 2 N–H and O–H groups in total. The molecule has 2 aliphatic rings. The van der Waals surface area contributed by atoms with Crippen LogP contribution in [-0.2, 0) is 4.74 Å². The van der Waals surface area contributed by atoms with Crippen LogP contribution in [0.15, 0.2) is 4.99 Å². The van der Waals surface area contributed by atoms with Crippen LogP contribution in [0.5, 0.6) is 0 Å². The zero-order valence-corrected chi connectivity index (χ0v) is 22.0. The van der Waals surface area contributed by atoms with E-state index in [0.717, 1.165) is 50.9 Å². The number of rotatable bonds is 7. The molecule has 2 rings (SSSR count). The SMILES string of the molecule is CCNC(=NCCCCN1CCC(C)CC1)N1CCC(NC(=O)OC(C)(C)C)C1.I. The molecule has 2 heterocycles. The van der Waals surface area contributed by atoms with E-state index in [4.69, 9.17) is 9.73 Å². The zero-order valence-electron chi connectivity index (χ0n) is 19.7. The molecule has 8 heteroatoms. The van der Waals surface area contributed by atoms with Crippen molar-refractivity contribution < 1.29 is 9.53 Å². The molecule has 2 fully saturated rings. The van der Waals surface area contributed by atoms with Crippen molar-refractivity contribution in [2.24, 2.45) is 10.9 Å². The first-order chi connectivity index (χ1) is 13.8. The third-order valence-electron chi connectivity index (χ3n) is 5.56. The second kappa shape index (κ2) is 13.6. The fourth-order valence-corrected chi connectivity index (χ4v) is 3.89. The Bertz CT molecular complexity index is 530. The lowest BCUT2D eigenvalue weighted by Gasteiger charge is -2.30. The molecule has 0 saturated carbocycles. The number of alkyl carbamates (subject to hydrolysis) is 1. The lowest BCUT2D eigenvalue weighted by Crippen LogP contribution is -2.44. The maximum atomic E-state index is 12.0. The summed E-state index contributed by atoms with van der Waals surface area (Å²) in [7, 11) is 0. The molecule has 0 spiro atoms. The smallest absolute Gasteiger partial charge is 0.407 e. The highest BCUT2D eigenvalue weighted by molar-refractivity contribution is 14.0. The van der Waals surface area contributed by atoms with E-state index in [1.165, 1.54) is 38.9 Å². The van der Waals surface area contributed by atoms with Crippen LogP contribution in [0.3, 0.4) is 0 Å². The first kappa shape index (κ1) is 27.3. The number of nitrogens with zero attached hydrogens (tertiary/aromatic N) is 3. The number of piperidine rings is 1. The van der Waals surface area contributed by atoms with Gasteiger partial charge in [-0.15, -0.1) is 24.0 Å². The number of likely N-dealkylation sites (tertiary alicyclic amines) is 2. The molecular weight excluding hydrogens is 493 g/mol. The van der Waals surface area contributed by atoms with Crippen LogP contribution in [0, 0.1) is 5.92 Å². The summed E-state index contributed by atoms with van der Waals surface area (Å²) in [4.78, 5) is 21.7. The van der Waals surface area contributed by atoms with Gasteiger partial charge < -0.3 is 25.2 Å². The van der Waals surface area contributed by atoms with Crippen molar-refractivity contribution >= 4 is 36.0 Å². The van der Waals surface area contributed by atoms with Crippen molar-refractivity contribution in [1.82, 2.24) is 20.4 Å². The second-order valence-electron chi connectivity index (χ2n) is 9.54. The van der Waals surface area contributed by atoms with Gasteiger partial charge in [0.1, 0.15) is 5.60 Å². The Balaban J connectivity index is 0.00000450. The van der Waals surface area contributed by atoms with Crippen molar-refractivity contribution in [1.29, 1.82) is 0 Å². The molecule has 0 aromatic carbocycles. The standard InChI is InChI=1S/C22H43N5O2.HI/c1-6-23-20(24-12-7-8-13-26-14-9-18(2)10-15-26)27-16-11-19(17-27)25-21(28)29-22(3,4)5;/h18-19H,6-17H2,1-5H3,(H,23,24)(H,25,28);1H. The van der Waals surface area contributed by atoms with Crippen molar-refractivity contribution in [2.75, 3.05) is 45.8 Å². The van der Waals surface area contributed by atoms with Crippen LogP contribution in [0.4, 0.5) is 4.79 Å². The molecule has 176 valence electrons. The van der Waals surface area contributed by atoms with Gasteiger partial charge in [-0.1, -0.05) is 6.92 Å². The first-order valence-electron chi connectivity index (χ1n) is 11.5. The van der Waals surface area contributed by atoms with Gasteiger partial charge in [0.2, 0.25) is 0 Å². The number of nitrogens with one attached hydrogen (secondary N) is 2. The molecule has 0 aliphatic carbocycles. The van der Waals surface area contributed by atoms with Crippen molar-refractivity contribution in [3.05, 3.63) is 0 Å². The lowest BCUT2D eigenvalue weighted by molar-refractivity contribution is 0.0507. The molecule has 0 bridgehead atoms. The number of amides is 1. The van der Waals surface area contributed by atoms with Gasteiger partial charge >= 0.3 is 6.09 Å². The highest BCUT2D eigenvalue weighted by Gasteiger charge is 2.27. The van der Waals surface area contributed by atoms with Gasteiger partial charge in [-0.05, 0) is 85.4 Å². The molecular formula is C22H44IN5O2. The normalized spacial score (nSPS) is 21.3. The molecule has 1 unspecified atom stereocenters. The molecule has 0 aromatic heterocycles. The van der Waals surface area contributed by atoms with Gasteiger partial charge in [0, 0.05) is 26.2 Å². The van der Waals surface area contributed by atoms with Crippen molar-refractivity contribution in [2.45, 2.75) is 78.4 Å². The van der Waals surface area contributed by atoms with E-state index in [2.05, 4.69) is 34.3 Å². The fraction of sp³-hybridized carbons (Fsp3) is 0.909. The van der Waals surface area contributed by atoms with Gasteiger partial charge in [-0.3, -0.25) is 4.99 Å². The summed E-state index contributed by atoms with van der Waals surface area (Å²) >= 11 is 0. The average Bonchev–Trinajstić information content (AvgIpc) is 3.08. The van der Waals surface area contributed by atoms with Gasteiger partial charge in [0.15, 0.2) is 5.96 Å². The minimum absolute atomic E-state index is 0. The van der Waals surface area contributed by atoms with E-state index in [0.29, 0.717) is 0 Å². The van der Waals surface area contributed by atoms with E-state index in [1.807, 2.05) is 20.8 Å². The molecule has 1 atom stereocenters. The van der Waals surface area contributed by atoms with Crippen molar-refractivity contribution in [3.63, 3.8) is 0 Å². The third-order valence-corrected chi connectivity index (χ3v) is 5.56. The van der Waals surface area contributed by atoms with Crippen LogP contribution >= 0.6 is 24.0 Å². The van der Waals surface area contributed by atoms with Crippen LogP contribution < -0.4 is 10.6 Å². The molecule has 30 heavy (non-hydrogen) atoms. The first-order valence-corrected chi connectivity index (χ1v) is 11.5. The average molecular weight is 538 g/mol. The number of unbranched alkanes of at least 4 members (excludes halogenated alkanes) is 1. The van der Waals surface area contributed by atoms with E-state index in [9.17, 15) is 4.79 Å². The Morgan fingerprint density at radius 2 is 1.83 bits per heavy atom. The summed E-state index contributed by atoms with van der Waals surface area (Å²) in [6, 6.07) is 0.107. The van der Waals surface area contributed by atoms with Gasteiger partial charge in [0.25, 0.3) is 0 Å². The highest BCUT2D eigenvalue weighted by Crippen LogP contribution is 2.16. The third kappa shape index (κ3) is 10.5. The summed E-state index contributed by atoms with van der Waals surface area (Å²) < 4.78 is 5.37. The number of hydrogen-bond acceptors (Lipinski definition) is 4. The minimum Gasteiger partial charge on any atom is -0.444 e. The van der Waals surface area contributed by atoms with E-state index in [-0.39, 0.29) is 36.1 Å². The largest absolute Gasteiger partial charge is 0.444 e. The number of halogens is 1. The fourth-order valence-electron chi connectivity index (χ4n) is 3.89. The summed E-state index contributed by atoms with van der Waals surface area (Å²) in [5, 5.41) is 6.39. The van der Waals surface area contributed by atoms with Crippen LogP contribution in [-0.4, -0.2) is 79.3 Å². The predicted molar refractivity (Wildman–Crippen MR) is 135 cm³/mol. The van der Waals surface area contributed by atoms with Gasteiger partial charge in [-0.2, -0.15) is 0 Å². The summed E-state index contributed by atoms with van der Waals surface area (Å²) in [6.45, 7) is 17.2. The molecule has 2 aliphatic heterocycles. The van der Waals surface area contributed by atoms with E-state index < -0.39 is 5.60 Å². The Morgan fingerprint density at radius 1 is 1.13 bits per heavy atom. The minimum atomic E-state index is -0.467. The van der Waals surface area contributed by atoms with E-state index in [1.54, 1.807) is 0 Å². The number of ether oxygens (including phenoxy) is 1.